The fraction of sp³-hybridized carbons (Fsp3) is 0.357. The number of para-hydroxylation sites is 2. The van der Waals surface area contributed by atoms with E-state index in [1.807, 2.05) is 24.3 Å². The summed E-state index contributed by atoms with van der Waals surface area (Å²) in [5, 5.41) is 10.8. The van der Waals surface area contributed by atoms with Gasteiger partial charge in [0.2, 0.25) is 11.0 Å². The maximum absolute atomic E-state index is 11.8. The lowest BCUT2D eigenvalue weighted by molar-refractivity contribution is -0.118. The number of hydrogen-bond acceptors (Lipinski definition) is 8. The number of carbonyl (C=O) groups is 1. The van der Waals surface area contributed by atoms with Crippen LogP contribution in [0.25, 0.3) is 0 Å². The molecule has 9 heteroatoms. The highest BCUT2D eigenvalue weighted by molar-refractivity contribution is 8.01. The van der Waals surface area contributed by atoms with Crippen LogP contribution in [0, 0.1) is 0 Å². The number of hydrogen-bond donors (Lipinski definition) is 2. The lowest BCUT2D eigenvalue weighted by atomic mass is 10.2. The van der Waals surface area contributed by atoms with E-state index in [1.165, 1.54) is 23.1 Å². The largest absolute Gasteiger partial charge is 0.486 e. The average Bonchev–Trinajstić information content (AvgIpc) is 2.98. The number of amides is 1. The van der Waals surface area contributed by atoms with Gasteiger partial charge in [-0.15, -0.1) is 10.2 Å². The van der Waals surface area contributed by atoms with Gasteiger partial charge in [0, 0.05) is 13.0 Å². The molecule has 0 aliphatic carbocycles. The van der Waals surface area contributed by atoms with Crippen molar-refractivity contribution < 1.29 is 14.3 Å². The summed E-state index contributed by atoms with van der Waals surface area (Å²) >= 11 is 2.59. The molecule has 2 heterocycles. The molecular formula is C14H16N4O3S2. The monoisotopic (exact) mass is 352 g/mol. The van der Waals surface area contributed by atoms with E-state index < -0.39 is 0 Å². The summed E-state index contributed by atoms with van der Waals surface area (Å²) in [6, 6.07) is 7.57. The highest BCUT2D eigenvalue weighted by Crippen LogP contribution is 2.31. The molecule has 0 fully saturated rings. The van der Waals surface area contributed by atoms with E-state index in [0.29, 0.717) is 34.8 Å². The van der Waals surface area contributed by atoms with Crippen molar-refractivity contribution >= 4 is 34.1 Å². The summed E-state index contributed by atoms with van der Waals surface area (Å²) in [4.78, 5) is 11.8. The van der Waals surface area contributed by atoms with E-state index in [9.17, 15) is 4.79 Å². The van der Waals surface area contributed by atoms with Crippen LogP contribution in [0.5, 0.6) is 11.5 Å². The summed E-state index contributed by atoms with van der Waals surface area (Å²) < 4.78 is 12.2. The molecule has 0 bridgehead atoms. The molecule has 1 aromatic heterocycles. The van der Waals surface area contributed by atoms with Crippen LogP contribution in [-0.4, -0.2) is 41.1 Å². The number of nitrogens with one attached hydrogen (secondary N) is 1. The molecule has 2 aromatic rings. The summed E-state index contributed by atoms with van der Waals surface area (Å²) in [5.41, 5.74) is 5.49. The van der Waals surface area contributed by atoms with Gasteiger partial charge < -0.3 is 20.5 Å². The number of ether oxygens (including phenoxy) is 2. The molecule has 1 amide bonds. The Morgan fingerprint density at radius 1 is 1.39 bits per heavy atom. The number of nitrogen functional groups attached to an aromatic ring is 1. The Morgan fingerprint density at radius 2 is 2.22 bits per heavy atom. The quantitative estimate of drug-likeness (QED) is 0.761. The maximum Gasteiger partial charge on any atom is 0.230 e. The van der Waals surface area contributed by atoms with Gasteiger partial charge in [0.15, 0.2) is 15.8 Å². The number of nitrogens with two attached hydrogens (primary N) is 1. The first-order valence-corrected chi connectivity index (χ1v) is 8.88. The third-order valence-corrected chi connectivity index (χ3v) is 4.99. The van der Waals surface area contributed by atoms with E-state index in [4.69, 9.17) is 15.2 Å². The Balaban J connectivity index is 1.36. The van der Waals surface area contributed by atoms with Crippen LogP contribution in [0.3, 0.4) is 0 Å². The summed E-state index contributed by atoms with van der Waals surface area (Å²) in [5.74, 6) is 1.75. The number of carbonyl (C=O) groups excluding carboxylic acids is 1. The van der Waals surface area contributed by atoms with Crippen LogP contribution < -0.4 is 20.5 Å². The summed E-state index contributed by atoms with van der Waals surface area (Å²) in [7, 11) is 0. The van der Waals surface area contributed by atoms with Crippen LogP contribution in [0.4, 0.5) is 5.13 Å². The third kappa shape index (κ3) is 4.49. The number of aromatic nitrogens is 2. The van der Waals surface area contributed by atoms with Crippen molar-refractivity contribution in [2.45, 2.75) is 16.9 Å². The molecule has 23 heavy (non-hydrogen) atoms. The molecule has 0 spiro atoms. The number of nitrogens with zero attached hydrogens (tertiary/aromatic N) is 2. The second kappa shape index (κ2) is 7.51. The molecule has 122 valence electrons. The number of benzene rings is 1. The fourth-order valence-electron chi connectivity index (χ4n) is 2.03. The lowest BCUT2D eigenvalue weighted by Crippen LogP contribution is -2.34. The summed E-state index contributed by atoms with van der Waals surface area (Å²) in [6.07, 6.45) is 0.636. The molecule has 1 aliphatic heterocycles. The van der Waals surface area contributed by atoms with Crippen molar-refractivity contribution in [1.82, 2.24) is 15.5 Å². The van der Waals surface area contributed by atoms with Crippen molar-refractivity contribution in [1.29, 1.82) is 0 Å². The molecule has 0 saturated heterocycles. The zero-order chi connectivity index (χ0) is 16.1. The van der Waals surface area contributed by atoms with E-state index in [2.05, 4.69) is 15.5 Å². The van der Waals surface area contributed by atoms with Crippen LogP contribution in [0.2, 0.25) is 0 Å². The maximum atomic E-state index is 11.8. The van der Waals surface area contributed by atoms with Gasteiger partial charge in [-0.05, 0) is 12.1 Å². The molecule has 1 aromatic carbocycles. The molecule has 0 radical (unpaired) electrons. The fourth-order valence-corrected chi connectivity index (χ4v) is 3.50. The van der Waals surface area contributed by atoms with Crippen molar-refractivity contribution in [2.75, 3.05) is 24.6 Å². The highest BCUT2D eigenvalue weighted by atomic mass is 32.2. The first-order chi connectivity index (χ1) is 11.2. The van der Waals surface area contributed by atoms with E-state index >= 15 is 0 Å². The van der Waals surface area contributed by atoms with E-state index in [1.54, 1.807) is 0 Å². The predicted octanol–water partition coefficient (Wildman–Crippen LogP) is 1.56. The van der Waals surface area contributed by atoms with Crippen LogP contribution in [-0.2, 0) is 4.79 Å². The van der Waals surface area contributed by atoms with Crippen LogP contribution in [0.1, 0.15) is 6.42 Å². The molecule has 0 unspecified atom stereocenters. The minimum atomic E-state index is -0.0548. The van der Waals surface area contributed by atoms with Gasteiger partial charge >= 0.3 is 0 Å². The highest BCUT2D eigenvalue weighted by Gasteiger charge is 2.20. The smallest absolute Gasteiger partial charge is 0.230 e. The molecule has 3 N–H and O–H groups in total. The van der Waals surface area contributed by atoms with Gasteiger partial charge in [0.05, 0.1) is 5.75 Å². The average molecular weight is 352 g/mol. The van der Waals surface area contributed by atoms with Gasteiger partial charge in [-0.3, -0.25) is 4.79 Å². The van der Waals surface area contributed by atoms with Crippen molar-refractivity contribution in [2.24, 2.45) is 0 Å². The second-order valence-corrected chi connectivity index (χ2v) is 7.06. The SMILES string of the molecule is Nc1nnc(SCC(=O)NCC[C@H]2COc3ccccc3O2)s1. The minimum absolute atomic E-state index is 0.0547. The van der Waals surface area contributed by atoms with Crippen LogP contribution >= 0.6 is 23.1 Å². The minimum Gasteiger partial charge on any atom is -0.486 e. The van der Waals surface area contributed by atoms with Crippen molar-refractivity contribution in [3.8, 4) is 11.5 Å². The van der Waals surface area contributed by atoms with Crippen molar-refractivity contribution in [3.63, 3.8) is 0 Å². The van der Waals surface area contributed by atoms with Crippen LogP contribution in [0.15, 0.2) is 28.6 Å². The van der Waals surface area contributed by atoms with Crippen molar-refractivity contribution in [3.05, 3.63) is 24.3 Å². The zero-order valence-corrected chi connectivity index (χ0v) is 13.9. The van der Waals surface area contributed by atoms with E-state index in [-0.39, 0.29) is 12.0 Å². The first kappa shape index (κ1) is 15.9. The number of fused-ring (bicyclic) bond motifs is 1. The normalized spacial score (nSPS) is 16.1. The number of anilines is 1. The molecule has 0 saturated carbocycles. The van der Waals surface area contributed by atoms with Gasteiger partial charge in [-0.1, -0.05) is 35.2 Å². The standard InChI is InChI=1S/C14H16N4O3S2/c15-13-17-18-14(23-13)22-8-12(19)16-6-5-9-7-20-10-3-1-2-4-11(10)21-9/h1-4,9H,5-8H2,(H2,15,17)(H,16,19)/t9-/m0/s1. The topological polar surface area (TPSA) is 99.4 Å². The second-order valence-electron chi connectivity index (χ2n) is 4.83. The zero-order valence-electron chi connectivity index (χ0n) is 12.2. The van der Waals surface area contributed by atoms with Gasteiger partial charge in [0.25, 0.3) is 0 Å². The Labute approximate surface area is 141 Å². The third-order valence-electron chi connectivity index (χ3n) is 3.10. The predicted molar refractivity (Wildman–Crippen MR) is 89.0 cm³/mol. The molecule has 7 nitrogen and oxygen atoms in total. The molecule has 1 atom stereocenters. The Bertz CT molecular complexity index is 680. The Morgan fingerprint density at radius 3 is 3.00 bits per heavy atom. The Kier molecular flexibility index (Phi) is 5.19. The summed E-state index contributed by atoms with van der Waals surface area (Å²) in [6.45, 7) is 1.03. The molecule has 3 rings (SSSR count). The molecule has 1 aliphatic rings. The number of thioether (sulfide) groups is 1. The first-order valence-electron chi connectivity index (χ1n) is 7.07. The lowest BCUT2D eigenvalue weighted by Gasteiger charge is -2.26. The van der Waals surface area contributed by atoms with Gasteiger partial charge in [-0.25, -0.2) is 0 Å². The number of rotatable bonds is 6. The Hall–Kier alpha value is -2.00. The molecular weight excluding hydrogens is 336 g/mol. The van der Waals surface area contributed by atoms with E-state index in [0.717, 1.165) is 11.5 Å². The van der Waals surface area contributed by atoms with Gasteiger partial charge in [-0.2, -0.15) is 0 Å². The van der Waals surface area contributed by atoms with Gasteiger partial charge in [0.1, 0.15) is 12.7 Å².